The molecule has 0 saturated carbocycles. The van der Waals surface area contributed by atoms with Gasteiger partial charge in [0.25, 0.3) is 0 Å². The van der Waals surface area contributed by atoms with E-state index in [9.17, 15) is 0 Å². The summed E-state index contributed by atoms with van der Waals surface area (Å²) in [4.78, 5) is 0. The van der Waals surface area contributed by atoms with Crippen molar-refractivity contribution in [2.24, 2.45) is 0 Å². The molecular weight excluding hydrogens is 759 g/mol. The molecule has 0 N–H and O–H groups in total. The van der Waals surface area contributed by atoms with Gasteiger partial charge in [-0.1, -0.05) is 0 Å². The summed E-state index contributed by atoms with van der Waals surface area (Å²) in [5.41, 5.74) is 24.3. The Morgan fingerprint density at radius 2 is 0.979 bits per heavy atom. The van der Waals surface area contributed by atoms with Gasteiger partial charge in [0.2, 0.25) is 0 Å². The minimum atomic E-state index is -2.45. The molecule has 0 bridgehead atoms. The van der Waals surface area contributed by atoms with E-state index in [-0.39, 0.29) is 0 Å². The fraction of sp³-hybridized carbons (Fsp3) is 0.391. The average Bonchev–Trinajstić information content (AvgIpc) is 3.61. The average molecular weight is 817 g/mol. The van der Waals surface area contributed by atoms with Crippen LogP contribution in [0.4, 0.5) is 0 Å². The van der Waals surface area contributed by atoms with E-state index in [1.165, 1.54) is 94.2 Å². The molecule has 0 nitrogen and oxygen atoms in total. The molecule has 2 aliphatic rings. The number of hydrogen-bond acceptors (Lipinski definition) is 0. The zero-order chi connectivity index (χ0) is 34.3. The molecule has 4 aromatic rings. The first-order valence-corrected chi connectivity index (χ1v) is 32.0. The van der Waals surface area contributed by atoms with Crippen molar-refractivity contribution in [3.63, 3.8) is 0 Å². The molecule has 0 aliphatic heterocycles. The Labute approximate surface area is 300 Å². The van der Waals surface area contributed by atoms with Gasteiger partial charge in [0.05, 0.1) is 0 Å². The molecule has 2 aliphatic carbocycles. The molecule has 4 aromatic carbocycles. The SMILES string of the molecule is CCCCC1=Cc2c(-c3cc(C)cc(C)c3C)cccc2[CH]1[Hf]([CH]1C(CCCC)=Cc2c(-c3cc(C)cc(C)c3C)cccc21)[SiH](C)C. The number of allylic oxidation sites excluding steroid dienone is 2. The molecule has 6 rings (SSSR count). The summed E-state index contributed by atoms with van der Waals surface area (Å²) in [6.45, 7) is 24.0. The van der Waals surface area contributed by atoms with Crippen LogP contribution in [0.1, 0.15) is 115 Å². The quantitative estimate of drug-likeness (QED) is 0.132. The molecule has 0 fully saturated rings. The maximum atomic E-state index is 2.74. The van der Waals surface area contributed by atoms with Crippen molar-refractivity contribution in [2.45, 2.75) is 114 Å². The third-order valence-corrected chi connectivity index (χ3v) is 42.3. The van der Waals surface area contributed by atoms with Crippen LogP contribution in [-0.2, 0) is 20.6 Å². The zero-order valence-electron chi connectivity index (χ0n) is 31.4. The van der Waals surface area contributed by atoms with Gasteiger partial charge in [-0.25, -0.2) is 0 Å². The fourth-order valence-corrected chi connectivity index (χ4v) is 41.3. The van der Waals surface area contributed by atoms with E-state index in [0.29, 0.717) is 7.35 Å². The molecule has 2 atom stereocenters. The van der Waals surface area contributed by atoms with Gasteiger partial charge in [0, 0.05) is 0 Å². The maximum absolute atomic E-state index is 2.74. The summed E-state index contributed by atoms with van der Waals surface area (Å²) in [7, 11) is 0. The zero-order valence-corrected chi connectivity index (χ0v) is 36.2. The van der Waals surface area contributed by atoms with E-state index in [1.54, 1.807) is 33.4 Å². The number of rotatable bonds is 11. The van der Waals surface area contributed by atoms with Gasteiger partial charge in [-0.05, 0) is 0 Å². The molecule has 0 heterocycles. The summed E-state index contributed by atoms with van der Waals surface area (Å²) in [5, 5.41) is 0. The summed E-state index contributed by atoms with van der Waals surface area (Å²) in [6.07, 6.45) is 13.0. The van der Waals surface area contributed by atoms with Crippen LogP contribution in [0.3, 0.4) is 0 Å². The van der Waals surface area contributed by atoms with Crippen molar-refractivity contribution in [1.82, 2.24) is 0 Å². The Morgan fingerprint density at radius 3 is 1.35 bits per heavy atom. The van der Waals surface area contributed by atoms with Crippen molar-refractivity contribution in [3.8, 4) is 22.3 Å². The number of aryl methyl sites for hydroxylation is 4. The predicted molar refractivity (Wildman–Crippen MR) is 212 cm³/mol. The van der Waals surface area contributed by atoms with Crippen LogP contribution in [0.2, 0.25) is 13.1 Å². The molecule has 0 saturated heterocycles. The second-order valence-electron chi connectivity index (χ2n) is 15.3. The van der Waals surface area contributed by atoms with Gasteiger partial charge in [-0.3, -0.25) is 0 Å². The van der Waals surface area contributed by atoms with E-state index in [2.05, 4.69) is 141 Å². The van der Waals surface area contributed by atoms with Crippen LogP contribution in [0, 0.1) is 41.5 Å². The van der Waals surface area contributed by atoms with E-state index in [4.69, 9.17) is 0 Å². The van der Waals surface area contributed by atoms with Crippen LogP contribution in [0.25, 0.3) is 34.4 Å². The second-order valence-corrected chi connectivity index (χ2v) is 43.2. The van der Waals surface area contributed by atoms with E-state index in [1.807, 2.05) is 0 Å². The molecule has 0 radical (unpaired) electrons. The van der Waals surface area contributed by atoms with Crippen molar-refractivity contribution in [2.75, 3.05) is 0 Å². The standard InChI is InChI=1S/2C22H25.C2H7Si.Hf/c2*1-5-6-8-18-13-19-9-7-10-20(22(19)14-18)21-12-15(2)11-16(3)17(21)4;1-3-2;/h2*7,9-14H,5-6,8H2,1-4H3;3H,1-2H3;. The number of hydrogen-bond donors (Lipinski definition) is 0. The Bertz CT molecular complexity index is 1770. The summed E-state index contributed by atoms with van der Waals surface area (Å²) in [5.74, 6) is -0.954. The molecular formula is C46H57HfSi. The molecule has 48 heavy (non-hydrogen) atoms. The minimum absolute atomic E-state index is 0.696. The molecule has 0 aromatic heterocycles. The van der Waals surface area contributed by atoms with Crippen LogP contribution in [-0.4, -0.2) is 5.98 Å². The Kier molecular flexibility index (Phi) is 10.8. The van der Waals surface area contributed by atoms with Crippen LogP contribution < -0.4 is 0 Å². The third kappa shape index (κ3) is 6.54. The predicted octanol–water partition coefficient (Wildman–Crippen LogP) is 13.4. The topological polar surface area (TPSA) is 0 Å². The first kappa shape index (κ1) is 35.3. The van der Waals surface area contributed by atoms with Crippen LogP contribution in [0.5, 0.6) is 0 Å². The van der Waals surface area contributed by atoms with Crippen LogP contribution in [0.15, 0.2) is 71.8 Å². The van der Waals surface area contributed by atoms with Crippen molar-refractivity contribution in [1.29, 1.82) is 0 Å². The number of unbranched alkanes of at least 4 members (excludes halogenated alkanes) is 2. The van der Waals surface area contributed by atoms with Gasteiger partial charge in [-0.15, -0.1) is 0 Å². The molecule has 0 spiro atoms. The van der Waals surface area contributed by atoms with E-state index in [0.717, 1.165) is 0 Å². The van der Waals surface area contributed by atoms with Gasteiger partial charge in [0.1, 0.15) is 0 Å². The fourth-order valence-electron chi connectivity index (χ4n) is 8.85. The molecule has 2 heteroatoms. The van der Waals surface area contributed by atoms with E-state index < -0.39 is 26.6 Å². The summed E-state index contributed by atoms with van der Waals surface area (Å²) >= 11 is -2.45. The van der Waals surface area contributed by atoms with Crippen molar-refractivity contribution < 1.29 is 20.6 Å². The first-order chi connectivity index (χ1) is 23.0. The first-order valence-electron chi connectivity index (χ1n) is 18.7. The number of fused-ring (bicyclic) bond motifs is 2. The Balaban J connectivity index is 1.55. The van der Waals surface area contributed by atoms with Crippen LogP contribution >= 0.6 is 0 Å². The molecule has 0 amide bonds. The Morgan fingerprint density at radius 1 is 0.562 bits per heavy atom. The van der Waals surface area contributed by atoms with Gasteiger partial charge in [0.15, 0.2) is 0 Å². The number of benzene rings is 4. The monoisotopic (exact) mass is 817 g/mol. The Hall–Kier alpha value is -2.55. The van der Waals surface area contributed by atoms with Gasteiger partial charge >= 0.3 is 303 Å². The molecule has 249 valence electrons. The van der Waals surface area contributed by atoms with Gasteiger partial charge in [-0.2, -0.15) is 0 Å². The van der Waals surface area contributed by atoms with Crippen molar-refractivity contribution >= 4 is 18.1 Å². The summed E-state index contributed by atoms with van der Waals surface area (Å²) in [6, 6.07) is 24.3. The summed E-state index contributed by atoms with van der Waals surface area (Å²) < 4.78 is 1.39. The molecule has 2 unspecified atom stereocenters. The second kappa shape index (κ2) is 14.7. The van der Waals surface area contributed by atoms with Crippen molar-refractivity contribution in [3.05, 3.63) is 127 Å². The van der Waals surface area contributed by atoms with Gasteiger partial charge < -0.3 is 0 Å². The van der Waals surface area contributed by atoms with E-state index >= 15 is 0 Å². The third-order valence-electron chi connectivity index (χ3n) is 11.5. The normalized spacial score (nSPS) is 16.6.